The Balaban J connectivity index is 1.11. The number of unbranched alkanes of at least 4 members (excludes halogenated alkanes) is 5. The van der Waals surface area contributed by atoms with E-state index in [0.717, 1.165) is 48.1 Å². The number of sulfonamides is 1. The third kappa shape index (κ3) is 8.43. The number of anilines is 3. The number of benzene rings is 2. The summed E-state index contributed by atoms with van der Waals surface area (Å²) in [5.41, 5.74) is 4.18. The van der Waals surface area contributed by atoms with Gasteiger partial charge >= 0.3 is 0 Å². The Morgan fingerprint density at radius 3 is 2.64 bits per heavy atom. The van der Waals surface area contributed by atoms with Gasteiger partial charge in [-0.15, -0.1) is 0 Å². The van der Waals surface area contributed by atoms with Crippen molar-refractivity contribution < 1.29 is 18.0 Å². The summed E-state index contributed by atoms with van der Waals surface area (Å²) >= 11 is 0. The van der Waals surface area contributed by atoms with E-state index in [-0.39, 0.29) is 4.90 Å². The lowest BCUT2D eigenvalue weighted by atomic mass is 10.1. The molecule has 1 aliphatic heterocycles. The fourth-order valence-corrected chi connectivity index (χ4v) is 6.49. The molecule has 11 heteroatoms. The Morgan fingerprint density at radius 2 is 1.84 bits per heavy atom. The van der Waals surface area contributed by atoms with E-state index in [0.29, 0.717) is 43.6 Å². The van der Waals surface area contributed by atoms with Crippen molar-refractivity contribution in [1.82, 2.24) is 20.4 Å². The van der Waals surface area contributed by atoms with Gasteiger partial charge in [0.05, 0.1) is 11.0 Å². The molecule has 0 radical (unpaired) electrons. The van der Waals surface area contributed by atoms with Crippen molar-refractivity contribution in [3.63, 3.8) is 0 Å². The maximum atomic E-state index is 13.2. The molecule has 0 amide bonds. The van der Waals surface area contributed by atoms with Crippen LogP contribution < -0.4 is 14.9 Å². The number of aliphatic hydroxyl groups is 1. The minimum atomic E-state index is -3.76. The molecule has 10 nitrogen and oxygen atoms in total. The number of nitrogens with one attached hydrogen (secondary N) is 2. The molecule has 0 spiro atoms. The highest BCUT2D eigenvalue weighted by Crippen LogP contribution is 2.35. The smallest absolute Gasteiger partial charge is 0.270 e. The maximum absolute atomic E-state index is 13.2. The number of hydrogen-bond donors (Lipinski definition) is 3. The fourth-order valence-electron chi connectivity index (χ4n) is 5.38. The van der Waals surface area contributed by atoms with Crippen LogP contribution in [0.2, 0.25) is 0 Å². The zero-order chi connectivity index (χ0) is 30.8. The summed E-state index contributed by atoms with van der Waals surface area (Å²) < 4.78 is 34.6. The van der Waals surface area contributed by atoms with E-state index in [2.05, 4.69) is 32.1 Å². The third-order valence-corrected chi connectivity index (χ3v) is 9.28. The van der Waals surface area contributed by atoms with Crippen LogP contribution in [0.25, 0.3) is 0 Å². The van der Waals surface area contributed by atoms with Crippen molar-refractivity contribution >= 4 is 27.3 Å². The molecule has 1 atom stereocenters. The fraction of sp³-hybridized carbons (Fsp3) is 0.424. The van der Waals surface area contributed by atoms with Gasteiger partial charge in [-0.2, -0.15) is 4.98 Å². The molecule has 2 aromatic carbocycles. The van der Waals surface area contributed by atoms with E-state index in [9.17, 15) is 13.5 Å². The first-order valence-electron chi connectivity index (χ1n) is 15.6. The lowest BCUT2D eigenvalue weighted by Crippen LogP contribution is -2.23. The largest absolute Gasteiger partial charge is 0.387 e. The van der Waals surface area contributed by atoms with E-state index >= 15 is 0 Å². The van der Waals surface area contributed by atoms with Crippen molar-refractivity contribution in [2.75, 3.05) is 29.3 Å². The molecule has 1 aliphatic rings. The van der Waals surface area contributed by atoms with Crippen molar-refractivity contribution in [2.45, 2.75) is 75.7 Å². The van der Waals surface area contributed by atoms with Crippen molar-refractivity contribution in [3.8, 4) is 0 Å². The summed E-state index contributed by atoms with van der Waals surface area (Å²) in [6, 6.07) is 16.2. The molecule has 0 bridgehead atoms. The lowest BCUT2D eigenvalue weighted by molar-refractivity contribution is 0.174. The summed E-state index contributed by atoms with van der Waals surface area (Å²) in [5, 5.41) is 17.7. The van der Waals surface area contributed by atoms with Gasteiger partial charge in [0.2, 0.25) is 5.89 Å². The van der Waals surface area contributed by atoms with Crippen molar-refractivity contribution in [3.05, 3.63) is 89.6 Å². The Labute approximate surface area is 260 Å². The van der Waals surface area contributed by atoms with Gasteiger partial charge in [0.25, 0.3) is 16.0 Å². The van der Waals surface area contributed by atoms with E-state index in [1.807, 2.05) is 29.2 Å². The molecule has 5 rings (SSSR count). The lowest BCUT2D eigenvalue weighted by Gasteiger charge is -2.15. The number of aromatic nitrogens is 3. The molecule has 2 aromatic heterocycles. The van der Waals surface area contributed by atoms with Crippen LogP contribution in [-0.2, 0) is 29.3 Å². The molecule has 0 aliphatic carbocycles. The zero-order valence-electron chi connectivity index (χ0n) is 25.3. The number of aryl methyl sites for hydroxylation is 1. The maximum Gasteiger partial charge on any atom is 0.270 e. The Kier molecular flexibility index (Phi) is 11.0. The molecule has 3 N–H and O–H groups in total. The SMILES string of the molecule is CCCCCCCCc1nc(N2CCc3cc(S(=O)(=O)Nc4ccc(CCNC[C@H](O)c5cccnc5)cc4)ccc32)no1. The molecule has 234 valence electrons. The summed E-state index contributed by atoms with van der Waals surface area (Å²) in [5.74, 6) is 1.17. The zero-order valence-corrected chi connectivity index (χ0v) is 26.1. The quantitative estimate of drug-likeness (QED) is 0.127. The van der Waals surface area contributed by atoms with Crippen LogP contribution in [0.15, 0.2) is 76.4 Å². The molecule has 44 heavy (non-hydrogen) atoms. The van der Waals surface area contributed by atoms with E-state index in [1.165, 1.54) is 25.7 Å². The number of fused-ring (bicyclic) bond motifs is 1. The second kappa shape index (κ2) is 15.3. The Bertz CT molecular complexity index is 1580. The van der Waals surface area contributed by atoms with Crippen LogP contribution in [0, 0.1) is 0 Å². The Hall–Kier alpha value is -3.80. The minimum absolute atomic E-state index is 0.218. The molecular weight excluding hydrogens is 576 g/mol. The van der Waals surface area contributed by atoms with Gasteiger partial charge in [0, 0.05) is 48.8 Å². The second-order valence-corrected chi connectivity index (χ2v) is 12.9. The average molecular weight is 619 g/mol. The second-order valence-electron chi connectivity index (χ2n) is 11.3. The highest BCUT2D eigenvalue weighted by molar-refractivity contribution is 7.92. The van der Waals surface area contributed by atoms with Gasteiger partial charge in [-0.25, -0.2) is 8.42 Å². The first-order chi connectivity index (χ1) is 21.4. The Morgan fingerprint density at radius 1 is 1.02 bits per heavy atom. The van der Waals surface area contributed by atoms with Gasteiger partial charge in [-0.3, -0.25) is 9.71 Å². The summed E-state index contributed by atoms with van der Waals surface area (Å²) in [4.78, 5) is 10.8. The van der Waals surface area contributed by atoms with E-state index in [4.69, 9.17) is 4.52 Å². The van der Waals surface area contributed by atoms with Gasteiger partial charge in [-0.05, 0) is 78.5 Å². The number of aliphatic hydroxyl groups excluding tert-OH is 1. The average Bonchev–Trinajstić information content (AvgIpc) is 3.69. The van der Waals surface area contributed by atoms with Crippen LogP contribution in [-0.4, -0.2) is 48.3 Å². The molecule has 0 unspecified atom stereocenters. The number of hydrogen-bond acceptors (Lipinski definition) is 9. The highest BCUT2D eigenvalue weighted by atomic mass is 32.2. The molecule has 4 aromatic rings. The molecular formula is C33H42N6O4S. The summed E-state index contributed by atoms with van der Waals surface area (Å²) in [7, 11) is -3.76. The van der Waals surface area contributed by atoms with Crippen LogP contribution in [0.3, 0.4) is 0 Å². The van der Waals surface area contributed by atoms with Gasteiger partial charge in [0.15, 0.2) is 0 Å². The first-order valence-corrected chi connectivity index (χ1v) is 17.0. The molecule has 0 saturated carbocycles. The van der Waals surface area contributed by atoms with Crippen LogP contribution in [0.5, 0.6) is 0 Å². The van der Waals surface area contributed by atoms with Crippen molar-refractivity contribution in [2.24, 2.45) is 0 Å². The predicted molar refractivity (Wildman–Crippen MR) is 172 cm³/mol. The topological polar surface area (TPSA) is 133 Å². The normalized spacial score (nSPS) is 13.6. The standard InChI is InChI=1S/C33H42N6O4S/c1-2-3-4-5-6-7-10-32-36-33(37-43-32)39-21-18-26-22-29(15-16-30(26)39)44(41,42)38-28-13-11-25(12-14-28)17-20-35-24-31(40)27-9-8-19-34-23-27/h8-9,11-16,19,22-23,31,35,38,40H,2-7,10,17-18,20-21,24H2,1H3/t31-/m0/s1. The minimum Gasteiger partial charge on any atom is -0.387 e. The summed E-state index contributed by atoms with van der Waals surface area (Å²) in [6.45, 7) is 3.99. The monoisotopic (exact) mass is 618 g/mol. The molecule has 0 fully saturated rings. The van der Waals surface area contributed by atoms with E-state index < -0.39 is 16.1 Å². The van der Waals surface area contributed by atoms with E-state index in [1.54, 1.807) is 42.7 Å². The van der Waals surface area contributed by atoms with Gasteiger partial charge in [-0.1, -0.05) is 57.2 Å². The highest BCUT2D eigenvalue weighted by Gasteiger charge is 2.26. The number of pyridine rings is 1. The van der Waals surface area contributed by atoms with Crippen molar-refractivity contribution in [1.29, 1.82) is 0 Å². The number of nitrogens with zero attached hydrogens (tertiary/aromatic N) is 4. The summed E-state index contributed by atoms with van der Waals surface area (Å²) in [6.07, 6.45) is 12.2. The molecule has 0 saturated heterocycles. The van der Waals surface area contributed by atoms with Gasteiger partial charge in [0.1, 0.15) is 0 Å². The third-order valence-electron chi connectivity index (χ3n) is 7.90. The number of rotatable bonds is 17. The van der Waals surface area contributed by atoms with Crippen LogP contribution >= 0.6 is 0 Å². The first kappa shape index (κ1) is 31.6. The van der Waals surface area contributed by atoms with Crippen LogP contribution in [0.4, 0.5) is 17.3 Å². The molecule has 3 heterocycles. The van der Waals surface area contributed by atoms with Gasteiger partial charge < -0.3 is 19.8 Å². The predicted octanol–water partition coefficient (Wildman–Crippen LogP) is 5.73. The van der Waals surface area contributed by atoms with Crippen LogP contribution in [0.1, 0.15) is 74.1 Å².